The van der Waals surface area contributed by atoms with Gasteiger partial charge in [0.2, 0.25) is 0 Å². The monoisotopic (exact) mass is 350 g/mol. The van der Waals surface area contributed by atoms with Gasteiger partial charge in [0, 0.05) is 0 Å². The molecule has 0 saturated heterocycles. The highest BCUT2D eigenvalue weighted by atomic mass is 16.6. The van der Waals surface area contributed by atoms with Gasteiger partial charge in [-0.15, -0.1) is 0 Å². The molecular weight excluding hydrogens is 332 g/mol. The third-order valence-electron chi connectivity index (χ3n) is 4.46. The van der Waals surface area contributed by atoms with E-state index < -0.39 is 5.97 Å². The smallest absolute Gasteiger partial charge is 0.344 e. The van der Waals surface area contributed by atoms with Crippen molar-refractivity contribution >= 4 is 16.9 Å². The molecule has 1 N–H and O–H groups in total. The van der Waals surface area contributed by atoms with E-state index in [-0.39, 0.29) is 18.8 Å². The Balaban J connectivity index is 1.35. The maximum Gasteiger partial charge on any atom is 0.344 e. The van der Waals surface area contributed by atoms with Gasteiger partial charge >= 0.3 is 5.97 Å². The van der Waals surface area contributed by atoms with Crippen molar-refractivity contribution in [3.63, 3.8) is 0 Å². The van der Waals surface area contributed by atoms with Crippen molar-refractivity contribution in [1.82, 2.24) is 9.97 Å². The fraction of sp³-hybridized carbons (Fsp3) is 0.250. The van der Waals surface area contributed by atoms with E-state index in [0.29, 0.717) is 22.5 Å². The van der Waals surface area contributed by atoms with Crippen LogP contribution >= 0.6 is 0 Å². The number of nitrogens with zero attached hydrogens (tertiary/aromatic N) is 1. The van der Waals surface area contributed by atoms with Gasteiger partial charge in [-0.3, -0.25) is 4.79 Å². The zero-order valence-corrected chi connectivity index (χ0v) is 14.2. The van der Waals surface area contributed by atoms with Crippen LogP contribution < -0.4 is 10.3 Å². The Morgan fingerprint density at radius 1 is 1.12 bits per heavy atom. The number of hydrogen-bond acceptors (Lipinski definition) is 5. The predicted octanol–water partition coefficient (Wildman–Crippen LogP) is 2.53. The molecule has 1 aliphatic rings. The van der Waals surface area contributed by atoms with E-state index in [1.165, 1.54) is 11.1 Å². The lowest BCUT2D eigenvalue weighted by Gasteiger charge is -2.08. The molecule has 0 bridgehead atoms. The van der Waals surface area contributed by atoms with Crippen molar-refractivity contribution in [2.75, 3.05) is 6.61 Å². The number of fused-ring (bicyclic) bond motifs is 2. The number of esters is 1. The topological polar surface area (TPSA) is 81.3 Å². The number of para-hydroxylation sites is 1. The van der Waals surface area contributed by atoms with E-state index in [2.05, 4.69) is 9.97 Å². The molecule has 0 aliphatic heterocycles. The number of nitrogens with one attached hydrogen (secondary N) is 1. The Hall–Kier alpha value is -3.15. The van der Waals surface area contributed by atoms with Gasteiger partial charge in [-0.1, -0.05) is 18.2 Å². The number of benzene rings is 2. The summed E-state index contributed by atoms with van der Waals surface area (Å²) in [6, 6.07) is 12.9. The lowest BCUT2D eigenvalue weighted by molar-refractivity contribution is -0.147. The van der Waals surface area contributed by atoms with Crippen LogP contribution in [0.4, 0.5) is 0 Å². The number of aromatic amines is 1. The Morgan fingerprint density at radius 2 is 1.96 bits per heavy atom. The number of hydrogen-bond donors (Lipinski definition) is 1. The molecule has 1 heterocycles. The van der Waals surface area contributed by atoms with Gasteiger partial charge in [0.05, 0.1) is 10.9 Å². The average Bonchev–Trinajstić information content (AvgIpc) is 3.12. The lowest BCUT2D eigenvalue weighted by atomic mass is 10.1. The molecule has 6 nitrogen and oxygen atoms in total. The van der Waals surface area contributed by atoms with E-state index in [1.54, 1.807) is 24.3 Å². The van der Waals surface area contributed by atoms with Gasteiger partial charge in [0.1, 0.15) is 18.2 Å². The molecular formula is C20H18N2O4. The highest BCUT2D eigenvalue weighted by Crippen LogP contribution is 2.25. The SMILES string of the molecule is O=C(COc1ccc2c(c1)CCC2)OCc1nc2ccccc2c(=O)[nH]1. The van der Waals surface area contributed by atoms with Crippen LogP contribution in [0, 0.1) is 0 Å². The van der Waals surface area contributed by atoms with Crippen LogP contribution in [0.5, 0.6) is 5.75 Å². The standard InChI is InChI=1S/C20H18N2O4/c23-19(12-25-15-9-8-13-4-3-5-14(13)10-15)26-11-18-21-17-7-2-1-6-16(17)20(24)22-18/h1-2,6-10H,3-5,11-12H2,(H,21,22,24). The molecule has 0 unspecified atom stereocenters. The summed E-state index contributed by atoms with van der Waals surface area (Å²) in [5, 5.41) is 0.502. The second-order valence-corrected chi connectivity index (χ2v) is 6.26. The number of carbonyl (C=O) groups excluding carboxylic acids is 1. The quantitative estimate of drug-likeness (QED) is 0.715. The first-order chi connectivity index (χ1) is 12.7. The van der Waals surface area contributed by atoms with Gasteiger partial charge in [-0.05, 0) is 54.7 Å². The normalized spacial score (nSPS) is 12.8. The molecule has 0 amide bonds. The molecule has 0 radical (unpaired) electrons. The molecule has 6 heteroatoms. The lowest BCUT2D eigenvalue weighted by Crippen LogP contribution is -2.18. The van der Waals surface area contributed by atoms with Crippen LogP contribution in [0.3, 0.4) is 0 Å². The molecule has 1 aromatic heterocycles. The minimum absolute atomic E-state index is 0.105. The highest BCUT2D eigenvalue weighted by Gasteiger charge is 2.12. The molecule has 2 aromatic carbocycles. The number of rotatable bonds is 5. The maximum atomic E-state index is 12.0. The number of ether oxygens (including phenoxy) is 2. The van der Waals surface area contributed by atoms with Crippen molar-refractivity contribution in [2.24, 2.45) is 0 Å². The molecule has 26 heavy (non-hydrogen) atoms. The van der Waals surface area contributed by atoms with Crippen LogP contribution in [0.2, 0.25) is 0 Å². The number of carbonyl (C=O) groups is 1. The van der Waals surface area contributed by atoms with Crippen LogP contribution in [0.1, 0.15) is 23.4 Å². The molecule has 0 spiro atoms. The largest absolute Gasteiger partial charge is 0.482 e. The predicted molar refractivity (Wildman–Crippen MR) is 96.1 cm³/mol. The van der Waals surface area contributed by atoms with Crippen molar-refractivity contribution in [3.8, 4) is 5.75 Å². The van der Waals surface area contributed by atoms with Crippen molar-refractivity contribution in [2.45, 2.75) is 25.9 Å². The zero-order chi connectivity index (χ0) is 17.9. The summed E-state index contributed by atoms with van der Waals surface area (Å²) >= 11 is 0. The molecule has 1 aliphatic carbocycles. The van der Waals surface area contributed by atoms with Crippen LogP contribution in [0.15, 0.2) is 47.3 Å². The zero-order valence-electron chi connectivity index (χ0n) is 14.2. The first-order valence-corrected chi connectivity index (χ1v) is 8.57. The number of H-pyrrole nitrogens is 1. The van der Waals surface area contributed by atoms with Gasteiger partial charge < -0.3 is 14.5 Å². The minimum atomic E-state index is -0.513. The molecule has 4 rings (SSSR count). The first-order valence-electron chi connectivity index (χ1n) is 8.57. The van der Waals surface area contributed by atoms with E-state index in [1.807, 2.05) is 18.2 Å². The van der Waals surface area contributed by atoms with Crippen molar-refractivity contribution < 1.29 is 14.3 Å². The third-order valence-corrected chi connectivity index (χ3v) is 4.46. The fourth-order valence-corrected chi connectivity index (χ4v) is 3.17. The Bertz CT molecular complexity index is 1030. The summed E-state index contributed by atoms with van der Waals surface area (Å²) in [5.41, 5.74) is 2.95. The van der Waals surface area contributed by atoms with Crippen LogP contribution in [-0.2, 0) is 29.0 Å². The summed E-state index contributed by atoms with van der Waals surface area (Å²) in [6.45, 7) is -0.289. The summed E-state index contributed by atoms with van der Waals surface area (Å²) in [4.78, 5) is 30.8. The summed E-state index contributed by atoms with van der Waals surface area (Å²) in [7, 11) is 0. The van der Waals surface area contributed by atoms with Gasteiger partial charge in [0.15, 0.2) is 6.61 Å². The number of aryl methyl sites for hydroxylation is 2. The van der Waals surface area contributed by atoms with Crippen molar-refractivity contribution in [3.05, 3.63) is 69.8 Å². The van der Waals surface area contributed by atoms with E-state index >= 15 is 0 Å². The van der Waals surface area contributed by atoms with Gasteiger partial charge in [-0.2, -0.15) is 0 Å². The van der Waals surface area contributed by atoms with E-state index in [4.69, 9.17) is 9.47 Å². The Morgan fingerprint density at radius 3 is 2.88 bits per heavy atom. The minimum Gasteiger partial charge on any atom is -0.482 e. The molecule has 0 atom stereocenters. The Kier molecular flexibility index (Phi) is 4.39. The van der Waals surface area contributed by atoms with E-state index in [9.17, 15) is 9.59 Å². The molecule has 0 saturated carbocycles. The average molecular weight is 350 g/mol. The summed E-state index contributed by atoms with van der Waals surface area (Å²) in [5.74, 6) is 0.459. The Labute approximate surface area is 149 Å². The highest BCUT2D eigenvalue weighted by molar-refractivity contribution is 5.77. The van der Waals surface area contributed by atoms with Gasteiger partial charge in [-0.25, -0.2) is 9.78 Å². The van der Waals surface area contributed by atoms with Crippen LogP contribution in [0.25, 0.3) is 10.9 Å². The second kappa shape index (κ2) is 7.00. The molecule has 0 fully saturated rings. The second-order valence-electron chi connectivity index (χ2n) is 6.26. The summed E-state index contributed by atoms with van der Waals surface area (Å²) < 4.78 is 10.7. The van der Waals surface area contributed by atoms with Crippen LogP contribution in [-0.4, -0.2) is 22.5 Å². The first kappa shape index (κ1) is 16.3. The van der Waals surface area contributed by atoms with E-state index in [0.717, 1.165) is 19.3 Å². The van der Waals surface area contributed by atoms with Crippen molar-refractivity contribution in [1.29, 1.82) is 0 Å². The van der Waals surface area contributed by atoms with Gasteiger partial charge in [0.25, 0.3) is 5.56 Å². The maximum absolute atomic E-state index is 12.0. The molecule has 3 aromatic rings. The third kappa shape index (κ3) is 3.44. The molecule has 132 valence electrons. The summed E-state index contributed by atoms with van der Waals surface area (Å²) in [6.07, 6.45) is 3.32. The fourth-order valence-electron chi connectivity index (χ4n) is 3.17. The number of aromatic nitrogens is 2.